The highest BCUT2D eigenvalue weighted by molar-refractivity contribution is 5.85. The highest BCUT2D eigenvalue weighted by atomic mass is 19.1. The van der Waals surface area contributed by atoms with Crippen molar-refractivity contribution in [3.05, 3.63) is 29.7 Å². The zero-order valence-electron chi connectivity index (χ0n) is 7.16. The van der Waals surface area contributed by atoms with Crippen molar-refractivity contribution in [2.75, 3.05) is 0 Å². The third-order valence-electron chi connectivity index (χ3n) is 1.85. The molecule has 1 heterocycles. The zero-order chi connectivity index (χ0) is 10.1. The highest BCUT2D eigenvalue weighted by Gasteiger charge is 2.10. The van der Waals surface area contributed by atoms with Crippen LogP contribution >= 0.6 is 0 Å². The second-order valence-electron chi connectivity index (χ2n) is 2.91. The van der Waals surface area contributed by atoms with Gasteiger partial charge in [0, 0.05) is 5.39 Å². The van der Waals surface area contributed by atoms with Gasteiger partial charge in [0.25, 0.3) is 0 Å². The number of rotatable bonds is 2. The van der Waals surface area contributed by atoms with E-state index in [1.165, 1.54) is 18.2 Å². The van der Waals surface area contributed by atoms with Gasteiger partial charge in [-0.3, -0.25) is 4.79 Å². The molecule has 2 aromatic rings. The van der Waals surface area contributed by atoms with Crippen LogP contribution in [0.15, 0.2) is 22.7 Å². The van der Waals surface area contributed by atoms with Gasteiger partial charge in [0.2, 0.25) is 5.91 Å². The fourth-order valence-electron chi connectivity index (χ4n) is 1.25. The SMILES string of the molecule is NC(=O)Cc1noc2ccc(F)cc12. The quantitative estimate of drug-likeness (QED) is 0.775. The lowest BCUT2D eigenvalue weighted by Crippen LogP contribution is -2.13. The van der Waals surface area contributed by atoms with Crippen molar-refractivity contribution in [1.29, 1.82) is 0 Å². The van der Waals surface area contributed by atoms with Crippen LogP contribution in [0.3, 0.4) is 0 Å². The molecule has 0 saturated carbocycles. The number of amides is 1. The predicted molar refractivity (Wildman–Crippen MR) is 46.9 cm³/mol. The summed E-state index contributed by atoms with van der Waals surface area (Å²) in [5, 5.41) is 4.12. The Kier molecular flexibility index (Phi) is 1.92. The molecular formula is C9H7FN2O2. The largest absolute Gasteiger partial charge is 0.369 e. The van der Waals surface area contributed by atoms with E-state index >= 15 is 0 Å². The lowest BCUT2D eigenvalue weighted by Gasteiger charge is -1.91. The summed E-state index contributed by atoms with van der Waals surface area (Å²) < 4.78 is 17.7. The van der Waals surface area contributed by atoms with Gasteiger partial charge in [-0.2, -0.15) is 0 Å². The summed E-state index contributed by atoms with van der Waals surface area (Å²) in [7, 11) is 0. The first-order valence-corrected chi connectivity index (χ1v) is 3.99. The molecule has 14 heavy (non-hydrogen) atoms. The third kappa shape index (κ3) is 1.44. The average molecular weight is 194 g/mol. The third-order valence-corrected chi connectivity index (χ3v) is 1.85. The molecule has 1 aromatic carbocycles. The number of benzene rings is 1. The molecule has 2 rings (SSSR count). The zero-order valence-corrected chi connectivity index (χ0v) is 7.16. The van der Waals surface area contributed by atoms with Gasteiger partial charge >= 0.3 is 0 Å². The number of carbonyl (C=O) groups is 1. The monoisotopic (exact) mass is 194 g/mol. The molecule has 72 valence electrons. The van der Waals surface area contributed by atoms with Gasteiger partial charge in [-0.1, -0.05) is 5.16 Å². The second-order valence-corrected chi connectivity index (χ2v) is 2.91. The minimum atomic E-state index is -0.524. The number of nitrogens with two attached hydrogens (primary N) is 1. The summed E-state index contributed by atoms with van der Waals surface area (Å²) in [6.07, 6.45) is -0.0452. The Morgan fingerprint density at radius 3 is 3.07 bits per heavy atom. The maximum Gasteiger partial charge on any atom is 0.223 e. The van der Waals surface area contributed by atoms with Crippen LogP contribution in [-0.2, 0) is 11.2 Å². The van der Waals surface area contributed by atoms with E-state index in [0.717, 1.165) is 0 Å². The Labute approximate surface area is 78.5 Å². The van der Waals surface area contributed by atoms with Gasteiger partial charge in [0.1, 0.15) is 11.5 Å². The summed E-state index contributed by atoms with van der Waals surface area (Å²) in [5.41, 5.74) is 5.81. The summed E-state index contributed by atoms with van der Waals surface area (Å²) in [5.74, 6) is -0.920. The molecule has 0 radical (unpaired) electrons. The summed E-state index contributed by atoms with van der Waals surface area (Å²) in [6, 6.07) is 3.99. The number of hydrogen-bond acceptors (Lipinski definition) is 3. The van der Waals surface area contributed by atoms with Crippen molar-refractivity contribution in [2.45, 2.75) is 6.42 Å². The molecule has 0 spiro atoms. The standard InChI is InChI=1S/C9H7FN2O2/c10-5-1-2-8-6(3-5)7(12-14-8)4-9(11)13/h1-3H,4H2,(H2,11,13). The molecule has 0 fully saturated rings. The van der Waals surface area contributed by atoms with Crippen LogP contribution in [0.5, 0.6) is 0 Å². The van der Waals surface area contributed by atoms with Gasteiger partial charge in [-0.05, 0) is 18.2 Å². The molecular weight excluding hydrogens is 187 g/mol. The highest BCUT2D eigenvalue weighted by Crippen LogP contribution is 2.19. The normalized spacial score (nSPS) is 10.6. The Morgan fingerprint density at radius 1 is 1.57 bits per heavy atom. The van der Waals surface area contributed by atoms with E-state index in [2.05, 4.69) is 5.16 Å². The number of carbonyl (C=O) groups excluding carboxylic acids is 1. The first-order chi connectivity index (χ1) is 6.66. The molecule has 2 N–H and O–H groups in total. The number of primary amides is 1. The average Bonchev–Trinajstić information content (AvgIpc) is 2.47. The van der Waals surface area contributed by atoms with Crippen molar-refractivity contribution >= 4 is 16.9 Å². The van der Waals surface area contributed by atoms with Crippen LogP contribution in [-0.4, -0.2) is 11.1 Å². The van der Waals surface area contributed by atoms with Gasteiger partial charge in [-0.25, -0.2) is 4.39 Å². The fraction of sp³-hybridized carbons (Fsp3) is 0.111. The maximum atomic E-state index is 12.8. The molecule has 0 aliphatic heterocycles. The van der Waals surface area contributed by atoms with Crippen LogP contribution in [0.2, 0.25) is 0 Å². The van der Waals surface area contributed by atoms with Crippen LogP contribution in [0.1, 0.15) is 5.69 Å². The van der Waals surface area contributed by atoms with E-state index in [4.69, 9.17) is 10.3 Å². The summed E-state index contributed by atoms with van der Waals surface area (Å²) in [4.78, 5) is 10.6. The molecule has 0 saturated heterocycles. The number of aromatic nitrogens is 1. The number of halogens is 1. The van der Waals surface area contributed by atoms with Crippen LogP contribution < -0.4 is 5.73 Å². The predicted octanol–water partition coefficient (Wildman–Crippen LogP) is 0.995. The maximum absolute atomic E-state index is 12.8. The Morgan fingerprint density at radius 2 is 2.36 bits per heavy atom. The van der Waals surface area contributed by atoms with Crippen molar-refractivity contribution in [2.24, 2.45) is 5.73 Å². The van der Waals surface area contributed by atoms with Crippen molar-refractivity contribution in [1.82, 2.24) is 5.16 Å². The van der Waals surface area contributed by atoms with Crippen LogP contribution in [0, 0.1) is 5.82 Å². The summed E-state index contributed by atoms with van der Waals surface area (Å²) in [6.45, 7) is 0. The summed E-state index contributed by atoms with van der Waals surface area (Å²) >= 11 is 0. The van der Waals surface area contributed by atoms with E-state index in [1.807, 2.05) is 0 Å². The molecule has 4 nitrogen and oxygen atoms in total. The topological polar surface area (TPSA) is 69.1 Å². The van der Waals surface area contributed by atoms with Gasteiger partial charge in [0.05, 0.1) is 6.42 Å². The fourth-order valence-corrected chi connectivity index (χ4v) is 1.25. The molecule has 1 amide bonds. The molecule has 0 aliphatic carbocycles. The van der Waals surface area contributed by atoms with Crippen molar-refractivity contribution in [3.63, 3.8) is 0 Å². The molecule has 0 aliphatic rings. The minimum Gasteiger partial charge on any atom is -0.369 e. The molecule has 0 bridgehead atoms. The van der Waals surface area contributed by atoms with Crippen molar-refractivity contribution in [3.8, 4) is 0 Å². The molecule has 0 atom stereocenters. The first-order valence-electron chi connectivity index (χ1n) is 3.99. The number of fused-ring (bicyclic) bond motifs is 1. The van der Waals surface area contributed by atoms with Gasteiger partial charge < -0.3 is 10.3 Å². The van der Waals surface area contributed by atoms with Gasteiger partial charge in [0.15, 0.2) is 5.58 Å². The van der Waals surface area contributed by atoms with Crippen LogP contribution in [0.4, 0.5) is 4.39 Å². The molecule has 1 aromatic heterocycles. The van der Waals surface area contributed by atoms with Crippen LogP contribution in [0.25, 0.3) is 11.0 Å². The Balaban J connectivity index is 2.55. The smallest absolute Gasteiger partial charge is 0.223 e. The Bertz CT molecular complexity index is 493. The Hall–Kier alpha value is -1.91. The number of hydrogen-bond donors (Lipinski definition) is 1. The first kappa shape index (κ1) is 8.68. The lowest BCUT2D eigenvalue weighted by atomic mass is 10.1. The van der Waals surface area contributed by atoms with Crippen molar-refractivity contribution < 1.29 is 13.7 Å². The second kappa shape index (κ2) is 3.10. The van der Waals surface area contributed by atoms with E-state index in [9.17, 15) is 9.18 Å². The minimum absolute atomic E-state index is 0.0452. The van der Waals surface area contributed by atoms with E-state index in [1.54, 1.807) is 0 Å². The molecule has 0 unspecified atom stereocenters. The van der Waals surface area contributed by atoms with E-state index in [-0.39, 0.29) is 6.42 Å². The molecule has 5 heteroatoms. The number of nitrogens with zero attached hydrogens (tertiary/aromatic N) is 1. The van der Waals surface area contributed by atoms with E-state index < -0.39 is 11.7 Å². The lowest BCUT2D eigenvalue weighted by molar-refractivity contribution is -0.117. The van der Waals surface area contributed by atoms with Gasteiger partial charge in [-0.15, -0.1) is 0 Å². The van der Waals surface area contributed by atoms with E-state index in [0.29, 0.717) is 16.7 Å².